The summed E-state index contributed by atoms with van der Waals surface area (Å²) in [7, 11) is 0. The van der Waals surface area contributed by atoms with E-state index in [1.54, 1.807) is 4.68 Å². The molecule has 3 rings (SSSR count). The predicted molar refractivity (Wildman–Crippen MR) is 82.7 cm³/mol. The molecule has 0 spiro atoms. The zero-order valence-corrected chi connectivity index (χ0v) is 14.1. The van der Waals surface area contributed by atoms with Crippen LogP contribution in [0.1, 0.15) is 25.3 Å². The fraction of sp³-hybridized carbons (Fsp3) is 0.385. The van der Waals surface area contributed by atoms with Crippen molar-refractivity contribution < 1.29 is 9.90 Å². The van der Waals surface area contributed by atoms with Gasteiger partial charge in [0.2, 0.25) is 0 Å². The molecule has 1 aromatic carbocycles. The third-order valence-electron chi connectivity index (χ3n) is 3.53. The summed E-state index contributed by atoms with van der Waals surface area (Å²) in [5, 5.41) is 21.0. The third-order valence-corrected chi connectivity index (χ3v) is 4.71. The molecule has 1 saturated carbocycles. The Morgan fingerprint density at radius 3 is 2.86 bits per heavy atom. The summed E-state index contributed by atoms with van der Waals surface area (Å²) in [5.74, 6) is 0.0947. The maximum absolute atomic E-state index is 11.1. The van der Waals surface area contributed by atoms with E-state index in [1.807, 2.05) is 18.2 Å². The van der Waals surface area contributed by atoms with Crippen molar-refractivity contribution in [3.63, 3.8) is 0 Å². The normalized spacial score (nSPS) is 15.9. The molecule has 6 nitrogen and oxygen atoms in total. The van der Waals surface area contributed by atoms with Crippen molar-refractivity contribution >= 4 is 37.8 Å². The second-order valence-corrected chi connectivity index (χ2v) is 6.84. The molecule has 0 radical (unpaired) electrons. The molecule has 110 valence electrons. The molecule has 1 atom stereocenters. The Balaban J connectivity index is 2.03. The van der Waals surface area contributed by atoms with Crippen molar-refractivity contribution in [2.24, 2.45) is 5.92 Å². The van der Waals surface area contributed by atoms with Crippen molar-refractivity contribution in [3.8, 4) is 11.4 Å². The van der Waals surface area contributed by atoms with Gasteiger partial charge in [0.25, 0.3) is 0 Å². The molecule has 1 fully saturated rings. The molecule has 0 saturated heterocycles. The van der Waals surface area contributed by atoms with Crippen molar-refractivity contribution in [2.75, 3.05) is 0 Å². The number of carboxylic acid groups (broad SMARTS) is 1. The van der Waals surface area contributed by atoms with Crippen molar-refractivity contribution in [2.45, 2.75) is 25.3 Å². The van der Waals surface area contributed by atoms with Crippen LogP contribution < -0.4 is 0 Å². The fourth-order valence-electron chi connectivity index (χ4n) is 2.38. The van der Waals surface area contributed by atoms with Gasteiger partial charge in [-0.05, 0) is 47.4 Å². The van der Waals surface area contributed by atoms with Crippen LogP contribution >= 0.6 is 31.9 Å². The number of hydrogen-bond donors (Lipinski definition) is 1. The number of rotatable bonds is 5. The summed E-state index contributed by atoms with van der Waals surface area (Å²) < 4.78 is 3.43. The molecule has 21 heavy (non-hydrogen) atoms. The Labute approximate surface area is 137 Å². The van der Waals surface area contributed by atoms with Gasteiger partial charge in [-0.2, -0.15) is 0 Å². The Morgan fingerprint density at radius 1 is 1.43 bits per heavy atom. The van der Waals surface area contributed by atoms with Crippen LogP contribution in [0, 0.1) is 5.92 Å². The highest BCUT2D eigenvalue weighted by molar-refractivity contribution is 9.11. The Kier molecular flexibility index (Phi) is 4.08. The number of nitrogens with zero attached hydrogens (tertiary/aromatic N) is 4. The Hall–Kier alpha value is -1.28. The van der Waals surface area contributed by atoms with Gasteiger partial charge in [0, 0.05) is 14.5 Å². The number of carbonyl (C=O) groups is 1. The summed E-state index contributed by atoms with van der Waals surface area (Å²) in [6.07, 6.45) is 2.09. The van der Waals surface area contributed by atoms with Gasteiger partial charge in [-0.1, -0.05) is 31.9 Å². The lowest BCUT2D eigenvalue weighted by molar-refractivity contribution is -0.138. The molecule has 8 heteroatoms. The van der Waals surface area contributed by atoms with Crippen molar-refractivity contribution in [3.05, 3.63) is 27.1 Å². The number of aromatic nitrogens is 4. The third kappa shape index (κ3) is 3.16. The zero-order chi connectivity index (χ0) is 15.0. The average molecular weight is 416 g/mol. The standard InChI is InChI=1S/C13H12Br2N4O2/c14-8-3-4-10(15)9(5-8)13-16-17-18-19(13)11(6-12(20)21)7-1-2-7/h3-5,7,11H,1-2,6H2,(H,20,21). The number of tetrazole rings is 1. The van der Waals surface area contributed by atoms with E-state index < -0.39 is 5.97 Å². The highest BCUT2D eigenvalue weighted by atomic mass is 79.9. The van der Waals surface area contributed by atoms with Crippen LogP contribution in [0.4, 0.5) is 0 Å². The summed E-state index contributed by atoms with van der Waals surface area (Å²) in [6, 6.07) is 5.54. The van der Waals surface area contributed by atoms with E-state index in [1.165, 1.54) is 0 Å². The van der Waals surface area contributed by atoms with E-state index in [4.69, 9.17) is 5.11 Å². The van der Waals surface area contributed by atoms with E-state index >= 15 is 0 Å². The lowest BCUT2D eigenvalue weighted by Crippen LogP contribution is -2.18. The Bertz CT molecular complexity index is 685. The number of aliphatic carboxylic acids is 1. The van der Waals surface area contributed by atoms with Gasteiger partial charge in [0.05, 0.1) is 12.5 Å². The quantitative estimate of drug-likeness (QED) is 0.810. The van der Waals surface area contributed by atoms with Gasteiger partial charge in [-0.15, -0.1) is 5.10 Å². The maximum atomic E-state index is 11.1. The molecule has 1 unspecified atom stereocenters. The lowest BCUT2D eigenvalue weighted by Gasteiger charge is -2.16. The minimum absolute atomic E-state index is 0.0360. The molecule has 1 aliphatic carbocycles. The number of hydrogen-bond acceptors (Lipinski definition) is 4. The molecule has 0 aliphatic heterocycles. The first-order chi connectivity index (χ1) is 10.1. The second kappa shape index (κ2) is 5.84. The molecule has 1 heterocycles. The van der Waals surface area contributed by atoms with Crippen LogP contribution in [-0.2, 0) is 4.79 Å². The SMILES string of the molecule is O=C(O)CC(C1CC1)n1nnnc1-c1cc(Br)ccc1Br. The molecule has 2 aromatic rings. The summed E-state index contributed by atoms with van der Waals surface area (Å²) in [4.78, 5) is 11.1. The van der Waals surface area contributed by atoms with Crippen LogP contribution in [0.15, 0.2) is 27.1 Å². The van der Waals surface area contributed by atoms with E-state index in [0.717, 1.165) is 27.4 Å². The lowest BCUT2D eigenvalue weighted by atomic mass is 10.1. The molecule has 1 aliphatic rings. The highest BCUT2D eigenvalue weighted by Gasteiger charge is 2.36. The van der Waals surface area contributed by atoms with Gasteiger partial charge in [-0.3, -0.25) is 4.79 Å². The van der Waals surface area contributed by atoms with E-state index in [0.29, 0.717) is 11.7 Å². The first-order valence-electron chi connectivity index (χ1n) is 6.51. The largest absolute Gasteiger partial charge is 0.481 e. The topological polar surface area (TPSA) is 80.9 Å². The number of carboxylic acids is 1. The molecular formula is C13H12Br2N4O2. The van der Waals surface area contributed by atoms with Crippen LogP contribution in [-0.4, -0.2) is 31.3 Å². The summed E-state index contributed by atoms with van der Waals surface area (Å²) in [5.41, 5.74) is 0.838. The average Bonchev–Trinajstić information content (AvgIpc) is 3.16. The highest BCUT2D eigenvalue weighted by Crippen LogP contribution is 2.43. The molecular weight excluding hydrogens is 404 g/mol. The molecule has 1 aromatic heterocycles. The maximum Gasteiger partial charge on any atom is 0.305 e. The van der Waals surface area contributed by atoms with Crippen LogP contribution in [0.3, 0.4) is 0 Å². The summed E-state index contributed by atoms with van der Waals surface area (Å²) in [6.45, 7) is 0. The Morgan fingerprint density at radius 2 is 2.19 bits per heavy atom. The van der Waals surface area contributed by atoms with Crippen molar-refractivity contribution in [1.82, 2.24) is 20.2 Å². The van der Waals surface area contributed by atoms with E-state index in [9.17, 15) is 4.79 Å². The van der Waals surface area contributed by atoms with E-state index in [2.05, 4.69) is 47.4 Å². The fourth-order valence-corrected chi connectivity index (χ4v) is 3.16. The van der Waals surface area contributed by atoms with Crippen LogP contribution in [0.2, 0.25) is 0 Å². The second-order valence-electron chi connectivity index (χ2n) is 5.07. The molecule has 1 N–H and O–H groups in total. The van der Waals surface area contributed by atoms with E-state index in [-0.39, 0.29) is 12.5 Å². The predicted octanol–water partition coefficient (Wildman–Crippen LogP) is 3.29. The minimum Gasteiger partial charge on any atom is -0.481 e. The number of benzene rings is 1. The number of halogens is 2. The molecule has 0 amide bonds. The summed E-state index contributed by atoms with van der Waals surface area (Å²) >= 11 is 6.92. The smallest absolute Gasteiger partial charge is 0.305 e. The first kappa shape index (κ1) is 14.6. The van der Waals surface area contributed by atoms with Crippen molar-refractivity contribution in [1.29, 1.82) is 0 Å². The molecule has 0 bridgehead atoms. The zero-order valence-electron chi connectivity index (χ0n) is 10.9. The van der Waals surface area contributed by atoms with Gasteiger partial charge >= 0.3 is 5.97 Å². The van der Waals surface area contributed by atoms with Gasteiger partial charge in [0.1, 0.15) is 0 Å². The first-order valence-corrected chi connectivity index (χ1v) is 8.10. The van der Waals surface area contributed by atoms with Gasteiger partial charge < -0.3 is 5.11 Å². The van der Waals surface area contributed by atoms with Gasteiger partial charge in [-0.25, -0.2) is 4.68 Å². The minimum atomic E-state index is -0.832. The monoisotopic (exact) mass is 414 g/mol. The van der Waals surface area contributed by atoms with Crippen LogP contribution in [0.25, 0.3) is 11.4 Å². The van der Waals surface area contributed by atoms with Gasteiger partial charge in [0.15, 0.2) is 5.82 Å². The van der Waals surface area contributed by atoms with Crippen LogP contribution in [0.5, 0.6) is 0 Å².